The van der Waals surface area contributed by atoms with E-state index in [9.17, 15) is 13.2 Å². The molecule has 0 aromatic rings. The highest BCUT2D eigenvalue weighted by Crippen LogP contribution is 2.17. The van der Waals surface area contributed by atoms with Crippen LogP contribution in [0.4, 0.5) is 0 Å². The minimum Gasteiger partial charge on any atom is -0.355 e. The Kier molecular flexibility index (Phi) is 6.74. The highest BCUT2D eigenvalue weighted by atomic mass is 32.2. The van der Waals surface area contributed by atoms with Crippen LogP contribution in [0.2, 0.25) is 0 Å². The van der Waals surface area contributed by atoms with Crippen molar-refractivity contribution in [1.82, 2.24) is 15.4 Å². The zero-order chi connectivity index (χ0) is 14.3. The first-order valence-corrected chi connectivity index (χ1v) is 8.57. The number of hydrogen-bond acceptors (Lipinski definition) is 4. The third kappa shape index (κ3) is 6.35. The predicted molar refractivity (Wildman–Crippen MR) is 75.3 cm³/mol. The minimum atomic E-state index is -3.25. The van der Waals surface area contributed by atoms with Crippen molar-refractivity contribution in [1.29, 1.82) is 0 Å². The Hall–Kier alpha value is -0.660. The second kappa shape index (κ2) is 7.81. The van der Waals surface area contributed by atoms with Crippen LogP contribution in [-0.2, 0) is 14.8 Å². The second-order valence-electron chi connectivity index (χ2n) is 5.05. The molecule has 1 saturated heterocycles. The molecule has 0 aromatic heterocycles. The van der Waals surface area contributed by atoms with Crippen LogP contribution in [0.1, 0.15) is 33.1 Å². The van der Waals surface area contributed by atoms with Gasteiger partial charge in [-0.3, -0.25) is 4.79 Å². The van der Waals surface area contributed by atoms with Gasteiger partial charge in [-0.05, 0) is 25.3 Å². The average molecular weight is 291 g/mol. The van der Waals surface area contributed by atoms with E-state index >= 15 is 0 Å². The summed E-state index contributed by atoms with van der Waals surface area (Å²) in [5, 5.41) is 6.00. The maximum absolute atomic E-state index is 11.7. The maximum atomic E-state index is 11.7. The first-order valence-electron chi connectivity index (χ1n) is 6.92. The molecule has 1 aliphatic heterocycles. The van der Waals surface area contributed by atoms with Gasteiger partial charge in [0.25, 0.3) is 0 Å². The topological polar surface area (TPSA) is 87.3 Å². The van der Waals surface area contributed by atoms with Crippen LogP contribution in [-0.4, -0.2) is 45.8 Å². The number of carbonyl (C=O) groups is 1. The Labute approximate surface area is 115 Å². The molecular weight excluding hydrogens is 266 g/mol. The van der Waals surface area contributed by atoms with E-state index in [1.807, 2.05) is 0 Å². The smallest absolute Gasteiger partial charge is 0.221 e. The Balaban J connectivity index is 2.24. The van der Waals surface area contributed by atoms with Gasteiger partial charge >= 0.3 is 0 Å². The third-order valence-electron chi connectivity index (χ3n) is 3.39. The van der Waals surface area contributed by atoms with Crippen molar-refractivity contribution in [3.05, 3.63) is 0 Å². The van der Waals surface area contributed by atoms with Crippen LogP contribution >= 0.6 is 0 Å². The second-order valence-corrected chi connectivity index (χ2v) is 6.98. The van der Waals surface area contributed by atoms with Crippen molar-refractivity contribution in [2.24, 2.45) is 5.92 Å². The molecule has 0 aromatic carbocycles. The average Bonchev–Trinajstić information content (AvgIpc) is 2.31. The zero-order valence-electron chi connectivity index (χ0n) is 11.7. The number of piperidine rings is 1. The number of sulfonamides is 1. The number of rotatable bonds is 7. The molecule has 2 atom stereocenters. The lowest BCUT2D eigenvalue weighted by Gasteiger charge is -2.29. The third-order valence-corrected chi connectivity index (χ3v) is 4.86. The fourth-order valence-corrected chi connectivity index (χ4v) is 3.23. The fourth-order valence-electron chi connectivity index (χ4n) is 2.28. The molecule has 0 saturated carbocycles. The molecule has 1 rings (SSSR count). The maximum Gasteiger partial charge on any atom is 0.221 e. The van der Waals surface area contributed by atoms with Gasteiger partial charge in [0.2, 0.25) is 15.9 Å². The van der Waals surface area contributed by atoms with Gasteiger partial charge in [-0.1, -0.05) is 13.8 Å². The van der Waals surface area contributed by atoms with Crippen LogP contribution in [0.3, 0.4) is 0 Å². The molecule has 0 aliphatic carbocycles. The highest BCUT2D eigenvalue weighted by Gasteiger charge is 2.23. The Morgan fingerprint density at radius 2 is 2.16 bits per heavy atom. The molecule has 0 spiro atoms. The van der Waals surface area contributed by atoms with Crippen molar-refractivity contribution in [3.63, 3.8) is 0 Å². The lowest BCUT2D eigenvalue weighted by Crippen LogP contribution is -2.44. The van der Waals surface area contributed by atoms with Gasteiger partial charge in [-0.2, -0.15) is 0 Å². The van der Waals surface area contributed by atoms with Gasteiger partial charge in [0.05, 0.1) is 5.75 Å². The van der Waals surface area contributed by atoms with Crippen molar-refractivity contribution in [2.45, 2.75) is 39.2 Å². The van der Waals surface area contributed by atoms with Crippen molar-refractivity contribution in [2.75, 3.05) is 25.4 Å². The van der Waals surface area contributed by atoms with E-state index in [0.29, 0.717) is 18.9 Å². The SMILES string of the molecule is CCNS(=O)(=O)CCNC(=O)CC1NCCCC1C. The number of amides is 1. The van der Waals surface area contributed by atoms with Gasteiger partial charge in [0.1, 0.15) is 0 Å². The summed E-state index contributed by atoms with van der Waals surface area (Å²) in [5.74, 6) is 0.336. The van der Waals surface area contributed by atoms with Gasteiger partial charge < -0.3 is 10.6 Å². The van der Waals surface area contributed by atoms with E-state index in [2.05, 4.69) is 22.3 Å². The highest BCUT2D eigenvalue weighted by molar-refractivity contribution is 7.89. The number of carbonyl (C=O) groups excluding carboxylic acids is 1. The molecule has 0 bridgehead atoms. The zero-order valence-corrected chi connectivity index (χ0v) is 12.6. The lowest BCUT2D eigenvalue weighted by molar-refractivity contribution is -0.121. The van der Waals surface area contributed by atoms with Gasteiger partial charge in [-0.15, -0.1) is 0 Å². The van der Waals surface area contributed by atoms with E-state index in [1.165, 1.54) is 0 Å². The quantitative estimate of drug-likeness (QED) is 0.607. The van der Waals surface area contributed by atoms with E-state index in [1.54, 1.807) is 6.92 Å². The largest absolute Gasteiger partial charge is 0.355 e. The first-order chi connectivity index (χ1) is 8.94. The van der Waals surface area contributed by atoms with Crippen LogP contribution in [0, 0.1) is 5.92 Å². The normalized spacial score (nSPS) is 24.1. The molecule has 0 radical (unpaired) electrons. The van der Waals surface area contributed by atoms with E-state index in [0.717, 1.165) is 19.4 Å². The predicted octanol–water partition coefficient (Wildman–Crippen LogP) is -0.180. The number of hydrogen-bond donors (Lipinski definition) is 3. The molecule has 3 N–H and O–H groups in total. The molecule has 112 valence electrons. The van der Waals surface area contributed by atoms with E-state index in [4.69, 9.17) is 0 Å². The number of nitrogens with one attached hydrogen (secondary N) is 3. The molecule has 7 heteroatoms. The molecule has 1 heterocycles. The fraction of sp³-hybridized carbons (Fsp3) is 0.917. The summed E-state index contributed by atoms with van der Waals surface area (Å²) in [4.78, 5) is 11.7. The van der Waals surface area contributed by atoms with Crippen molar-refractivity contribution < 1.29 is 13.2 Å². The monoisotopic (exact) mass is 291 g/mol. The van der Waals surface area contributed by atoms with Crippen molar-refractivity contribution >= 4 is 15.9 Å². The molecule has 2 unspecified atom stereocenters. The summed E-state index contributed by atoms with van der Waals surface area (Å²) in [5.41, 5.74) is 0. The lowest BCUT2D eigenvalue weighted by atomic mass is 9.90. The van der Waals surface area contributed by atoms with Crippen LogP contribution in [0.15, 0.2) is 0 Å². The van der Waals surface area contributed by atoms with Crippen molar-refractivity contribution in [3.8, 4) is 0 Å². The Morgan fingerprint density at radius 1 is 1.42 bits per heavy atom. The summed E-state index contributed by atoms with van der Waals surface area (Å²) >= 11 is 0. The van der Waals surface area contributed by atoms with Gasteiger partial charge in [-0.25, -0.2) is 13.1 Å². The summed E-state index contributed by atoms with van der Waals surface area (Å²) in [7, 11) is -3.25. The molecule has 1 aliphatic rings. The van der Waals surface area contributed by atoms with E-state index in [-0.39, 0.29) is 24.2 Å². The minimum absolute atomic E-state index is 0.0692. The van der Waals surface area contributed by atoms with Crippen LogP contribution in [0.5, 0.6) is 0 Å². The van der Waals surface area contributed by atoms with Crippen LogP contribution in [0.25, 0.3) is 0 Å². The summed E-state index contributed by atoms with van der Waals surface area (Å²) in [6.07, 6.45) is 2.71. The first kappa shape index (κ1) is 16.4. The molecule has 6 nitrogen and oxygen atoms in total. The summed E-state index contributed by atoms with van der Waals surface area (Å²) in [6, 6.07) is 0.208. The summed E-state index contributed by atoms with van der Waals surface area (Å²) in [6.45, 7) is 5.36. The standard InChI is InChI=1S/C12H25N3O3S/c1-3-15-19(17,18)8-7-14-12(16)9-11-10(2)5-4-6-13-11/h10-11,13,15H,3-9H2,1-2H3,(H,14,16). The summed E-state index contributed by atoms with van der Waals surface area (Å²) < 4.78 is 25.2. The molecular formula is C12H25N3O3S. The van der Waals surface area contributed by atoms with Gasteiger partial charge in [0.15, 0.2) is 0 Å². The molecule has 1 amide bonds. The Bertz CT molecular complexity index is 384. The molecule has 1 fully saturated rings. The van der Waals surface area contributed by atoms with Gasteiger partial charge in [0, 0.05) is 25.6 Å². The Morgan fingerprint density at radius 3 is 2.79 bits per heavy atom. The molecule has 19 heavy (non-hydrogen) atoms. The van der Waals surface area contributed by atoms with E-state index < -0.39 is 10.0 Å². The van der Waals surface area contributed by atoms with Crippen LogP contribution < -0.4 is 15.4 Å².